The average molecular weight is 288 g/mol. The number of carbonyl (C=O) groups is 1. The molecule has 0 bridgehead atoms. The lowest BCUT2D eigenvalue weighted by Gasteiger charge is -2.29. The predicted octanol–water partition coefficient (Wildman–Crippen LogP) is 2.13. The summed E-state index contributed by atoms with van der Waals surface area (Å²) < 4.78 is 11.6. The van der Waals surface area contributed by atoms with Crippen LogP contribution >= 0.6 is 0 Å². The first-order valence-corrected chi connectivity index (χ1v) is 8.10. The first kappa shape index (κ1) is 18.3. The van der Waals surface area contributed by atoms with Crippen molar-refractivity contribution in [3.05, 3.63) is 11.1 Å². The maximum Gasteiger partial charge on any atom is 0.331 e. The molecule has 0 heterocycles. The van der Waals surface area contributed by atoms with Gasteiger partial charge < -0.3 is 14.6 Å². The summed E-state index contributed by atoms with van der Waals surface area (Å²) in [5.74, 6) is -0.894. The van der Waals surface area contributed by atoms with E-state index in [-0.39, 0.29) is 17.7 Å². The molecule has 0 radical (unpaired) electrons. The number of hydrogen-bond acceptors (Lipinski definition) is 3. The number of hydrogen-bond donors (Lipinski definition) is 1. The molecule has 0 aromatic carbocycles. The van der Waals surface area contributed by atoms with E-state index in [0.717, 1.165) is 22.2 Å². The largest absolute Gasteiger partial charge is 0.478 e. The third-order valence-electron chi connectivity index (χ3n) is 2.94. The number of carboxylic acids is 1. The molecule has 0 aromatic heterocycles. The van der Waals surface area contributed by atoms with Crippen LogP contribution in [0.5, 0.6) is 0 Å². The normalized spacial score (nSPS) is 15.2. The lowest BCUT2D eigenvalue weighted by molar-refractivity contribution is -0.161. The summed E-state index contributed by atoms with van der Waals surface area (Å²) in [5.41, 5.74) is 1.40. The molecule has 0 aliphatic rings. The highest BCUT2D eigenvalue weighted by atomic mass is 28.1. The third kappa shape index (κ3) is 6.36. The van der Waals surface area contributed by atoms with Crippen molar-refractivity contribution in [2.45, 2.75) is 72.0 Å². The fourth-order valence-electron chi connectivity index (χ4n) is 1.80. The van der Waals surface area contributed by atoms with Gasteiger partial charge in [0.05, 0.1) is 12.2 Å². The van der Waals surface area contributed by atoms with Crippen molar-refractivity contribution in [2.24, 2.45) is 0 Å². The monoisotopic (exact) mass is 288 g/mol. The van der Waals surface area contributed by atoms with Gasteiger partial charge >= 0.3 is 5.97 Å². The minimum Gasteiger partial charge on any atom is -0.478 e. The zero-order valence-corrected chi connectivity index (χ0v) is 15.2. The second kappa shape index (κ2) is 8.50. The van der Waals surface area contributed by atoms with Crippen LogP contribution in [0.2, 0.25) is 5.54 Å². The molecular weight excluding hydrogens is 260 g/mol. The van der Waals surface area contributed by atoms with Crippen molar-refractivity contribution < 1.29 is 19.4 Å². The lowest BCUT2D eigenvalue weighted by atomic mass is 10.0. The van der Waals surface area contributed by atoms with Crippen LogP contribution in [-0.4, -0.2) is 39.8 Å². The van der Waals surface area contributed by atoms with Gasteiger partial charge in [0, 0.05) is 15.8 Å². The van der Waals surface area contributed by atoms with E-state index in [9.17, 15) is 9.90 Å². The molecule has 0 saturated heterocycles. The van der Waals surface area contributed by atoms with Crippen molar-refractivity contribution in [3.63, 3.8) is 0 Å². The minimum absolute atomic E-state index is 0.00827. The Kier molecular flexibility index (Phi) is 8.21. The number of rotatable bonds is 8. The summed E-state index contributed by atoms with van der Waals surface area (Å²) in [6.07, 6.45) is 0.335. The Morgan fingerprint density at radius 1 is 1.16 bits per heavy atom. The highest BCUT2D eigenvalue weighted by Gasteiger charge is 2.26. The molecule has 0 saturated carbocycles. The van der Waals surface area contributed by atoms with Crippen molar-refractivity contribution in [1.82, 2.24) is 0 Å². The van der Waals surface area contributed by atoms with Gasteiger partial charge in [-0.3, -0.25) is 0 Å². The second-order valence-electron chi connectivity index (χ2n) is 5.40. The summed E-state index contributed by atoms with van der Waals surface area (Å²) in [5, 5.41) is 9.26. The van der Waals surface area contributed by atoms with E-state index in [1.807, 2.05) is 27.7 Å². The Morgan fingerprint density at radius 3 is 1.84 bits per heavy atom. The van der Waals surface area contributed by atoms with Gasteiger partial charge in [0.25, 0.3) is 0 Å². The van der Waals surface area contributed by atoms with Crippen LogP contribution in [0.1, 0.15) is 48.0 Å². The van der Waals surface area contributed by atoms with Gasteiger partial charge in [-0.05, 0) is 45.7 Å². The summed E-state index contributed by atoms with van der Waals surface area (Å²) in [4.78, 5) is 11.3. The standard InChI is InChI=1S/C14H28O4Si/c1-7-11(19)12(10(6)13(15)16)14(17-8(2)3)18-9(4)5/h8-9,11,14H,7H2,1-6,19H3,(H,15,16). The quantitative estimate of drug-likeness (QED) is 0.422. The minimum atomic E-state index is -0.894. The third-order valence-corrected chi connectivity index (χ3v) is 4.38. The van der Waals surface area contributed by atoms with E-state index in [0.29, 0.717) is 5.57 Å². The molecule has 0 fully saturated rings. The number of aliphatic carboxylic acids is 1. The zero-order valence-electron chi connectivity index (χ0n) is 13.2. The second-order valence-corrected chi connectivity index (χ2v) is 6.79. The fraction of sp³-hybridized carbons (Fsp3) is 0.786. The molecule has 1 unspecified atom stereocenters. The van der Waals surface area contributed by atoms with Gasteiger partial charge in [-0.2, -0.15) is 0 Å². The van der Waals surface area contributed by atoms with Crippen molar-refractivity contribution in [3.8, 4) is 0 Å². The van der Waals surface area contributed by atoms with Gasteiger partial charge in [-0.25, -0.2) is 4.79 Å². The highest BCUT2D eigenvalue weighted by Crippen LogP contribution is 2.29. The van der Waals surface area contributed by atoms with Gasteiger partial charge in [-0.15, -0.1) is 0 Å². The van der Waals surface area contributed by atoms with Crippen LogP contribution in [0.3, 0.4) is 0 Å². The summed E-state index contributed by atoms with van der Waals surface area (Å²) in [6, 6.07) is 0. The molecule has 0 spiro atoms. The summed E-state index contributed by atoms with van der Waals surface area (Å²) >= 11 is 0. The average Bonchev–Trinajstić information content (AvgIpc) is 2.26. The Morgan fingerprint density at radius 2 is 1.58 bits per heavy atom. The van der Waals surface area contributed by atoms with E-state index in [1.165, 1.54) is 0 Å². The van der Waals surface area contributed by atoms with Crippen molar-refractivity contribution in [2.75, 3.05) is 0 Å². The fourth-order valence-corrected chi connectivity index (χ4v) is 2.50. The van der Waals surface area contributed by atoms with E-state index in [4.69, 9.17) is 9.47 Å². The van der Waals surface area contributed by atoms with Gasteiger partial charge in [0.15, 0.2) is 6.29 Å². The first-order valence-electron chi connectivity index (χ1n) is 6.95. The molecular formula is C14H28O4Si. The zero-order chi connectivity index (χ0) is 15.2. The molecule has 0 amide bonds. The SMILES string of the molecule is CCC([SiH3])C(=C(C)C(=O)O)C(OC(C)C)OC(C)C. The first-order chi connectivity index (χ1) is 8.70. The molecule has 1 atom stereocenters. The Hall–Kier alpha value is -0.653. The van der Waals surface area contributed by atoms with E-state index >= 15 is 0 Å². The molecule has 0 aliphatic heterocycles. The molecule has 0 rings (SSSR count). The van der Waals surface area contributed by atoms with Gasteiger partial charge in [-0.1, -0.05) is 13.3 Å². The van der Waals surface area contributed by atoms with E-state index < -0.39 is 12.3 Å². The van der Waals surface area contributed by atoms with Crippen molar-refractivity contribution in [1.29, 1.82) is 0 Å². The smallest absolute Gasteiger partial charge is 0.331 e. The van der Waals surface area contributed by atoms with E-state index in [1.54, 1.807) is 6.92 Å². The predicted molar refractivity (Wildman–Crippen MR) is 80.5 cm³/mol. The van der Waals surface area contributed by atoms with Gasteiger partial charge in [0.1, 0.15) is 0 Å². The van der Waals surface area contributed by atoms with Crippen LogP contribution in [0.15, 0.2) is 11.1 Å². The molecule has 5 heteroatoms. The summed E-state index contributed by atoms with van der Waals surface area (Å²) in [7, 11) is 0.884. The molecule has 0 aromatic rings. The van der Waals surface area contributed by atoms with Crippen molar-refractivity contribution >= 4 is 16.2 Å². The maximum absolute atomic E-state index is 11.3. The van der Waals surface area contributed by atoms with Gasteiger partial charge in [0.2, 0.25) is 0 Å². The number of carboxylic acid groups (broad SMARTS) is 1. The highest BCUT2D eigenvalue weighted by molar-refractivity contribution is 6.14. The molecule has 19 heavy (non-hydrogen) atoms. The Balaban J connectivity index is 5.47. The van der Waals surface area contributed by atoms with Crippen LogP contribution in [-0.2, 0) is 14.3 Å². The Labute approximate surface area is 119 Å². The molecule has 4 nitrogen and oxygen atoms in total. The van der Waals surface area contributed by atoms with E-state index in [2.05, 4.69) is 6.92 Å². The number of ether oxygens (including phenoxy) is 2. The van der Waals surface area contributed by atoms with Crippen LogP contribution in [0, 0.1) is 0 Å². The lowest BCUT2D eigenvalue weighted by Crippen LogP contribution is -2.30. The molecule has 1 N–H and O–H groups in total. The maximum atomic E-state index is 11.3. The molecule has 0 aliphatic carbocycles. The van der Waals surface area contributed by atoms with Crippen LogP contribution in [0.25, 0.3) is 0 Å². The van der Waals surface area contributed by atoms with Crippen LogP contribution < -0.4 is 0 Å². The topological polar surface area (TPSA) is 55.8 Å². The Bertz CT molecular complexity index is 313. The van der Waals surface area contributed by atoms with Crippen LogP contribution in [0.4, 0.5) is 0 Å². The summed E-state index contributed by atoms with van der Waals surface area (Å²) in [6.45, 7) is 11.4. The molecule has 112 valence electrons.